The van der Waals surface area contributed by atoms with Crippen LogP contribution in [-0.4, -0.2) is 65.3 Å². The summed E-state index contributed by atoms with van der Waals surface area (Å²) < 4.78 is 35.4. The van der Waals surface area contributed by atoms with E-state index >= 15 is 0 Å². The van der Waals surface area contributed by atoms with Crippen molar-refractivity contribution in [1.82, 2.24) is 14.9 Å². The number of rotatable bonds is 8. The van der Waals surface area contributed by atoms with Crippen molar-refractivity contribution in [2.24, 2.45) is 10.9 Å². The molecular weight excluding hydrogens is 507 g/mol. The molecule has 0 aromatic heterocycles. The molecule has 0 aliphatic carbocycles. The van der Waals surface area contributed by atoms with Crippen LogP contribution in [0.1, 0.15) is 25.3 Å². The highest BCUT2D eigenvalue weighted by Crippen LogP contribution is 2.27. The minimum Gasteiger partial charge on any atom is -0.493 e. The van der Waals surface area contributed by atoms with E-state index in [0.717, 1.165) is 37.5 Å². The number of halogens is 1. The second kappa shape index (κ2) is 12.4. The molecule has 1 aromatic rings. The lowest BCUT2D eigenvalue weighted by Gasteiger charge is -2.30. The van der Waals surface area contributed by atoms with Gasteiger partial charge in [0.05, 0.1) is 27.0 Å². The van der Waals surface area contributed by atoms with Crippen LogP contribution in [0.15, 0.2) is 23.2 Å². The van der Waals surface area contributed by atoms with Crippen LogP contribution >= 0.6 is 24.0 Å². The van der Waals surface area contributed by atoms with Gasteiger partial charge in [-0.1, -0.05) is 6.07 Å². The number of ether oxygens (including phenoxy) is 2. The van der Waals surface area contributed by atoms with Crippen LogP contribution in [-0.2, 0) is 16.6 Å². The second-order valence-electron chi connectivity index (χ2n) is 6.87. The summed E-state index contributed by atoms with van der Waals surface area (Å²) in [7, 11) is 0.149. The van der Waals surface area contributed by atoms with E-state index in [9.17, 15) is 8.42 Å². The average Bonchev–Trinajstić information content (AvgIpc) is 2.69. The maximum Gasteiger partial charge on any atom is 0.211 e. The largest absolute Gasteiger partial charge is 0.493 e. The van der Waals surface area contributed by atoms with Gasteiger partial charge < -0.3 is 20.1 Å². The Kier molecular flexibility index (Phi) is 11.0. The molecule has 29 heavy (non-hydrogen) atoms. The van der Waals surface area contributed by atoms with Crippen LogP contribution in [0.4, 0.5) is 0 Å². The Morgan fingerprint density at radius 2 is 1.83 bits per heavy atom. The lowest BCUT2D eigenvalue weighted by atomic mass is 9.98. The molecule has 2 N–H and O–H groups in total. The number of piperidine rings is 1. The van der Waals surface area contributed by atoms with Gasteiger partial charge in [-0.05, 0) is 43.4 Å². The number of benzene rings is 1. The molecule has 1 aliphatic rings. The van der Waals surface area contributed by atoms with E-state index in [1.54, 1.807) is 18.5 Å². The van der Waals surface area contributed by atoms with E-state index in [2.05, 4.69) is 15.6 Å². The third-order valence-electron chi connectivity index (χ3n) is 4.81. The molecule has 166 valence electrons. The number of hydrogen-bond acceptors (Lipinski definition) is 5. The minimum atomic E-state index is -3.08. The van der Waals surface area contributed by atoms with Gasteiger partial charge in [0.15, 0.2) is 17.5 Å². The Morgan fingerprint density at radius 1 is 1.17 bits per heavy atom. The number of methoxy groups -OCH3 is 2. The molecule has 0 amide bonds. The van der Waals surface area contributed by atoms with Crippen molar-refractivity contribution < 1.29 is 17.9 Å². The smallest absolute Gasteiger partial charge is 0.211 e. The van der Waals surface area contributed by atoms with Crippen molar-refractivity contribution in [2.75, 3.05) is 46.7 Å². The first kappa shape index (κ1) is 25.8. The molecule has 1 aromatic carbocycles. The van der Waals surface area contributed by atoms with Crippen molar-refractivity contribution in [1.29, 1.82) is 0 Å². The molecule has 8 nitrogen and oxygen atoms in total. The highest BCUT2D eigenvalue weighted by Gasteiger charge is 2.24. The van der Waals surface area contributed by atoms with Crippen LogP contribution in [0.5, 0.6) is 11.5 Å². The molecule has 0 bridgehead atoms. The number of nitrogens with one attached hydrogen (secondary N) is 2. The van der Waals surface area contributed by atoms with Gasteiger partial charge in [0.25, 0.3) is 0 Å². The Labute approximate surface area is 191 Å². The average molecular weight is 540 g/mol. The highest BCUT2D eigenvalue weighted by atomic mass is 127. The van der Waals surface area contributed by atoms with E-state index in [-0.39, 0.29) is 24.0 Å². The zero-order valence-corrected chi connectivity index (χ0v) is 20.7. The predicted molar refractivity (Wildman–Crippen MR) is 127 cm³/mol. The molecule has 1 fully saturated rings. The molecule has 10 heteroatoms. The van der Waals surface area contributed by atoms with E-state index in [0.29, 0.717) is 37.1 Å². The van der Waals surface area contributed by atoms with E-state index in [1.165, 1.54) is 6.26 Å². The van der Waals surface area contributed by atoms with E-state index in [1.807, 2.05) is 25.1 Å². The summed E-state index contributed by atoms with van der Waals surface area (Å²) in [6, 6.07) is 5.77. The number of aliphatic imine (C=N–C) groups is 1. The maximum atomic E-state index is 11.6. The molecule has 1 heterocycles. The molecular formula is C19H33IN4O4S. The summed E-state index contributed by atoms with van der Waals surface area (Å²) in [5.74, 6) is 2.57. The van der Waals surface area contributed by atoms with Gasteiger partial charge in [-0.15, -0.1) is 24.0 Å². The van der Waals surface area contributed by atoms with Gasteiger partial charge in [0, 0.05) is 26.2 Å². The number of sulfonamides is 1. The maximum absolute atomic E-state index is 11.6. The summed E-state index contributed by atoms with van der Waals surface area (Å²) in [4.78, 5) is 4.64. The standard InChI is InChI=1S/C19H32N4O4S.HI/c1-5-20-19(21-13-15-8-10-23(11-9-15)28(4,24)25)22-14-16-6-7-17(26-2)18(12-16)27-3;/h6-7,12,15H,5,8-11,13-14H2,1-4H3,(H2,20,21,22);1H. The summed E-state index contributed by atoms with van der Waals surface area (Å²) in [6.45, 7) is 5.26. The first-order valence-electron chi connectivity index (χ1n) is 9.55. The lowest BCUT2D eigenvalue weighted by Crippen LogP contribution is -2.44. The Bertz CT molecular complexity index is 765. The molecule has 0 atom stereocenters. The first-order chi connectivity index (χ1) is 13.4. The highest BCUT2D eigenvalue weighted by molar-refractivity contribution is 14.0. The van der Waals surface area contributed by atoms with Crippen molar-refractivity contribution in [2.45, 2.75) is 26.3 Å². The normalized spacial score (nSPS) is 16.1. The van der Waals surface area contributed by atoms with Crippen molar-refractivity contribution in [3.05, 3.63) is 23.8 Å². The molecule has 0 unspecified atom stereocenters. The van der Waals surface area contributed by atoms with Crippen molar-refractivity contribution in [3.8, 4) is 11.5 Å². The number of guanidine groups is 1. The fraction of sp³-hybridized carbons (Fsp3) is 0.632. The molecule has 0 saturated carbocycles. The van der Waals surface area contributed by atoms with E-state index < -0.39 is 10.0 Å². The van der Waals surface area contributed by atoms with Crippen LogP contribution in [0.2, 0.25) is 0 Å². The SMILES string of the molecule is CCNC(=NCc1ccc(OC)c(OC)c1)NCC1CCN(S(C)(=O)=O)CC1.I. The molecule has 1 aliphatic heterocycles. The lowest BCUT2D eigenvalue weighted by molar-refractivity contribution is 0.275. The predicted octanol–water partition coefficient (Wildman–Crippen LogP) is 2.05. The fourth-order valence-corrected chi connectivity index (χ4v) is 4.05. The Morgan fingerprint density at radius 3 is 2.38 bits per heavy atom. The molecule has 0 spiro atoms. The summed E-state index contributed by atoms with van der Waals surface area (Å²) >= 11 is 0. The first-order valence-corrected chi connectivity index (χ1v) is 11.4. The van der Waals surface area contributed by atoms with Gasteiger partial charge in [0.1, 0.15) is 0 Å². The second-order valence-corrected chi connectivity index (χ2v) is 8.85. The summed E-state index contributed by atoms with van der Waals surface area (Å²) in [5, 5.41) is 6.63. The Balaban J connectivity index is 0.00000420. The summed E-state index contributed by atoms with van der Waals surface area (Å²) in [5.41, 5.74) is 1.02. The van der Waals surface area contributed by atoms with Crippen molar-refractivity contribution >= 4 is 40.0 Å². The zero-order valence-electron chi connectivity index (χ0n) is 17.6. The quantitative estimate of drug-likeness (QED) is 0.298. The number of hydrogen-bond donors (Lipinski definition) is 2. The number of nitrogens with zero attached hydrogens (tertiary/aromatic N) is 2. The van der Waals surface area contributed by atoms with Gasteiger partial charge in [0.2, 0.25) is 10.0 Å². The third kappa shape index (κ3) is 8.17. The minimum absolute atomic E-state index is 0. The van der Waals surface area contributed by atoms with Gasteiger partial charge in [-0.25, -0.2) is 17.7 Å². The Hall–Kier alpha value is -1.27. The monoisotopic (exact) mass is 540 g/mol. The molecule has 1 saturated heterocycles. The van der Waals surface area contributed by atoms with Crippen molar-refractivity contribution in [3.63, 3.8) is 0 Å². The van der Waals surface area contributed by atoms with Crippen LogP contribution in [0.25, 0.3) is 0 Å². The van der Waals surface area contributed by atoms with Gasteiger partial charge in [-0.2, -0.15) is 0 Å². The molecule has 2 rings (SSSR count). The van der Waals surface area contributed by atoms with Crippen LogP contribution < -0.4 is 20.1 Å². The van der Waals surface area contributed by atoms with Crippen LogP contribution in [0, 0.1) is 5.92 Å². The zero-order chi connectivity index (χ0) is 20.6. The fourth-order valence-electron chi connectivity index (χ4n) is 3.18. The molecule has 0 radical (unpaired) electrons. The van der Waals surface area contributed by atoms with Crippen LogP contribution in [0.3, 0.4) is 0 Å². The van der Waals surface area contributed by atoms with Gasteiger partial charge >= 0.3 is 0 Å². The third-order valence-corrected chi connectivity index (χ3v) is 6.12. The topological polar surface area (TPSA) is 92.3 Å². The van der Waals surface area contributed by atoms with E-state index in [4.69, 9.17) is 9.47 Å². The summed E-state index contributed by atoms with van der Waals surface area (Å²) in [6.07, 6.45) is 2.99. The van der Waals surface area contributed by atoms with Gasteiger partial charge in [-0.3, -0.25) is 0 Å².